The highest BCUT2D eigenvalue weighted by molar-refractivity contribution is 5.81. The topological polar surface area (TPSA) is 103 Å². The summed E-state index contributed by atoms with van der Waals surface area (Å²) in [6, 6.07) is 7.15. The highest BCUT2D eigenvalue weighted by Gasteiger charge is 2.30. The van der Waals surface area contributed by atoms with E-state index in [1.54, 1.807) is 27.7 Å². The summed E-state index contributed by atoms with van der Waals surface area (Å²) in [6.07, 6.45) is -1.28. The first-order valence-corrected chi connectivity index (χ1v) is 11.8. The van der Waals surface area contributed by atoms with Crippen molar-refractivity contribution < 1.29 is 33.6 Å². The van der Waals surface area contributed by atoms with Crippen LogP contribution in [0.15, 0.2) is 24.3 Å². The Kier molecular flexibility index (Phi) is 12.6. The summed E-state index contributed by atoms with van der Waals surface area (Å²) >= 11 is 0. The number of amides is 1. The van der Waals surface area contributed by atoms with Crippen molar-refractivity contribution in [2.24, 2.45) is 11.8 Å². The molecule has 0 radical (unpaired) electrons. The highest BCUT2D eigenvalue weighted by atomic mass is 16.6. The van der Waals surface area contributed by atoms with E-state index in [1.165, 1.54) is 7.11 Å². The van der Waals surface area contributed by atoms with Crippen molar-refractivity contribution in [2.75, 3.05) is 26.9 Å². The lowest BCUT2D eigenvalue weighted by Gasteiger charge is -2.31. The number of hydrogen-bond acceptors (Lipinski definition) is 7. The molecule has 1 aromatic carbocycles. The van der Waals surface area contributed by atoms with Gasteiger partial charge < -0.3 is 29.4 Å². The summed E-state index contributed by atoms with van der Waals surface area (Å²) in [7, 11) is 1.25. The lowest BCUT2D eigenvalue weighted by molar-refractivity contribution is -0.145. The number of carbonyl (C=O) groups excluding carboxylic acids is 2. The van der Waals surface area contributed by atoms with E-state index in [9.17, 15) is 14.7 Å². The van der Waals surface area contributed by atoms with Crippen LogP contribution in [-0.2, 0) is 30.2 Å². The van der Waals surface area contributed by atoms with E-state index in [1.807, 2.05) is 45.0 Å². The number of methoxy groups -OCH3 is 1. The second-order valence-electron chi connectivity index (χ2n) is 10.1. The number of aliphatic hydroxyl groups is 1. The molecule has 1 aromatic rings. The standard InChI is InChI=1S/C26H43NO7/c1-17(2)14-33-23(19(4)28)21(13-20-11-9-18(3)10-12-20)15-32-16-22(24(29)31-8)27-25(30)34-26(5,6)7/h9-12,17,19,21-23,28H,13-16H2,1-8H3,(H,27,30)/t19-,21-,22-,23-/m0/s1. The number of nitrogens with one attached hydrogen (secondary N) is 1. The molecule has 2 N–H and O–H groups in total. The van der Waals surface area contributed by atoms with Gasteiger partial charge in [-0.1, -0.05) is 43.7 Å². The third kappa shape index (κ3) is 11.8. The fourth-order valence-electron chi connectivity index (χ4n) is 3.37. The zero-order valence-corrected chi connectivity index (χ0v) is 21.9. The summed E-state index contributed by atoms with van der Waals surface area (Å²) in [5, 5.41) is 13.0. The first kappa shape index (κ1) is 29.9. The van der Waals surface area contributed by atoms with Crippen molar-refractivity contribution in [1.82, 2.24) is 5.32 Å². The number of benzene rings is 1. The Labute approximate surface area is 204 Å². The Morgan fingerprint density at radius 2 is 1.65 bits per heavy atom. The van der Waals surface area contributed by atoms with Crippen molar-refractivity contribution in [3.8, 4) is 0 Å². The average molecular weight is 482 g/mol. The molecule has 8 heteroatoms. The fraction of sp³-hybridized carbons (Fsp3) is 0.692. The predicted molar refractivity (Wildman–Crippen MR) is 131 cm³/mol. The number of aryl methyl sites for hydroxylation is 1. The van der Waals surface area contributed by atoms with E-state index >= 15 is 0 Å². The normalized spacial score (nSPS) is 15.4. The van der Waals surface area contributed by atoms with Gasteiger partial charge >= 0.3 is 12.1 Å². The largest absolute Gasteiger partial charge is 0.467 e. The van der Waals surface area contributed by atoms with E-state index in [2.05, 4.69) is 5.32 Å². The Hall–Kier alpha value is -2.16. The van der Waals surface area contributed by atoms with Crippen LogP contribution in [0.1, 0.15) is 52.7 Å². The van der Waals surface area contributed by atoms with E-state index < -0.39 is 35.9 Å². The second kappa shape index (κ2) is 14.3. The predicted octanol–water partition coefficient (Wildman–Crippen LogP) is 3.66. The molecule has 0 unspecified atom stereocenters. The van der Waals surface area contributed by atoms with Crippen LogP contribution in [0.25, 0.3) is 0 Å². The van der Waals surface area contributed by atoms with Crippen LogP contribution >= 0.6 is 0 Å². The molecular weight excluding hydrogens is 438 g/mol. The molecule has 0 saturated carbocycles. The van der Waals surface area contributed by atoms with Crippen LogP contribution in [0.3, 0.4) is 0 Å². The quantitative estimate of drug-likeness (QED) is 0.415. The SMILES string of the molecule is COC(=O)[C@H](COC[C@H](Cc1ccc(C)cc1)[C@@H](OCC(C)C)[C@H](C)O)NC(=O)OC(C)(C)C. The van der Waals surface area contributed by atoms with E-state index in [0.29, 0.717) is 18.9 Å². The molecule has 0 aliphatic rings. The average Bonchev–Trinajstić information content (AvgIpc) is 2.72. The molecule has 194 valence electrons. The molecule has 1 amide bonds. The van der Waals surface area contributed by atoms with Gasteiger partial charge in [0.25, 0.3) is 0 Å². The molecule has 4 atom stereocenters. The minimum Gasteiger partial charge on any atom is -0.467 e. The molecule has 0 bridgehead atoms. The number of aliphatic hydroxyl groups excluding tert-OH is 1. The molecule has 0 aliphatic heterocycles. The van der Waals surface area contributed by atoms with E-state index in [4.69, 9.17) is 18.9 Å². The van der Waals surface area contributed by atoms with Crippen molar-refractivity contribution in [3.63, 3.8) is 0 Å². The lowest BCUT2D eigenvalue weighted by Crippen LogP contribution is -2.47. The summed E-state index contributed by atoms with van der Waals surface area (Å²) < 4.78 is 22.0. The Morgan fingerprint density at radius 3 is 2.15 bits per heavy atom. The molecule has 0 spiro atoms. The van der Waals surface area contributed by atoms with E-state index in [0.717, 1.165) is 11.1 Å². The fourth-order valence-corrected chi connectivity index (χ4v) is 3.37. The molecule has 0 aromatic heterocycles. The smallest absolute Gasteiger partial charge is 0.408 e. The van der Waals surface area contributed by atoms with Crippen LogP contribution in [0, 0.1) is 18.8 Å². The van der Waals surface area contributed by atoms with Gasteiger partial charge in [0, 0.05) is 12.5 Å². The van der Waals surface area contributed by atoms with Crippen molar-refractivity contribution in [2.45, 2.75) is 78.7 Å². The monoisotopic (exact) mass is 481 g/mol. The summed E-state index contributed by atoms with van der Waals surface area (Å²) in [5.74, 6) is -0.505. The molecular formula is C26H43NO7. The number of ether oxygens (including phenoxy) is 4. The van der Waals surface area contributed by atoms with Crippen LogP contribution < -0.4 is 5.32 Å². The number of carbonyl (C=O) groups is 2. The maximum atomic E-state index is 12.2. The van der Waals surface area contributed by atoms with Gasteiger partial charge in [0.05, 0.1) is 32.5 Å². The molecule has 1 rings (SSSR count). The first-order chi connectivity index (χ1) is 15.8. The molecule has 0 heterocycles. The molecule has 0 fully saturated rings. The minimum absolute atomic E-state index is 0.104. The van der Waals surface area contributed by atoms with Crippen LogP contribution in [0.4, 0.5) is 4.79 Å². The van der Waals surface area contributed by atoms with Crippen LogP contribution in [-0.4, -0.2) is 68.0 Å². The van der Waals surface area contributed by atoms with Gasteiger partial charge in [0.1, 0.15) is 5.60 Å². The highest BCUT2D eigenvalue weighted by Crippen LogP contribution is 2.21. The van der Waals surface area contributed by atoms with Gasteiger partial charge in [0.15, 0.2) is 6.04 Å². The number of rotatable bonds is 13. The summed E-state index contributed by atoms with van der Waals surface area (Å²) in [6.45, 7) is 13.6. The molecule has 34 heavy (non-hydrogen) atoms. The van der Waals surface area contributed by atoms with Crippen molar-refractivity contribution in [1.29, 1.82) is 0 Å². The molecule has 8 nitrogen and oxygen atoms in total. The third-order valence-corrected chi connectivity index (χ3v) is 4.97. The minimum atomic E-state index is -1.03. The Bertz CT molecular complexity index is 741. The van der Waals surface area contributed by atoms with Gasteiger partial charge in [-0.2, -0.15) is 0 Å². The van der Waals surface area contributed by atoms with Crippen LogP contribution in [0.2, 0.25) is 0 Å². The molecule has 0 saturated heterocycles. The van der Waals surface area contributed by atoms with Gasteiger partial charge in [0.2, 0.25) is 0 Å². The Morgan fingerprint density at radius 1 is 1.03 bits per heavy atom. The summed E-state index contributed by atoms with van der Waals surface area (Å²) in [5.41, 5.74) is 1.55. The number of hydrogen-bond donors (Lipinski definition) is 2. The lowest BCUT2D eigenvalue weighted by atomic mass is 9.91. The van der Waals surface area contributed by atoms with Gasteiger partial charge in [-0.3, -0.25) is 0 Å². The van der Waals surface area contributed by atoms with Crippen LogP contribution in [0.5, 0.6) is 0 Å². The zero-order valence-electron chi connectivity index (χ0n) is 21.9. The van der Waals surface area contributed by atoms with Gasteiger partial charge in [-0.25, -0.2) is 9.59 Å². The number of alkyl carbamates (subject to hydrolysis) is 1. The number of esters is 1. The maximum absolute atomic E-state index is 12.2. The van der Waals surface area contributed by atoms with Gasteiger partial charge in [-0.05, 0) is 52.5 Å². The first-order valence-electron chi connectivity index (χ1n) is 11.8. The second-order valence-corrected chi connectivity index (χ2v) is 10.1. The Balaban J connectivity index is 2.93. The third-order valence-electron chi connectivity index (χ3n) is 4.97. The van der Waals surface area contributed by atoms with Crippen molar-refractivity contribution in [3.05, 3.63) is 35.4 Å². The summed E-state index contributed by atoms with van der Waals surface area (Å²) in [4.78, 5) is 24.3. The van der Waals surface area contributed by atoms with Crippen molar-refractivity contribution >= 4 is 12.1 Å². The zero-order chi connectivity index (χ0) is 25.9. The molecule has 0 aliphatic carbocycles. The maximum Gasteiger partial charge on any atom is 0.408 e. The van der Waals surface area contributed by atoms with E-state index in [-0.39, 0.29) is 19.1 Å². The van der Waals surface area contributed by atoms with Gasteiger partial charge in [-0.15, -0.1) is 0 Å².